The fourth-order valence-corrected chi connectivity index (χ4v) is 4.79. The van der Waals surface area contributed by atoms with Crippen LogP contribution in [0.4, 0.5) is 0 Å². The number of piperidine rings is 1. The molecule has 0 aliphatic carbocycles. The molecule has 0 bridgehead atoms. The zero-order valence-electron chi connectivity index (χ0n) is 16.3. The Morgan fingerprint density at radius 3 is 2.83 bits per heavy atom. The lowest BCUT2D eigenvalue weighted by molar-refractivity contribution is 0.0569. The van der Waals surface area contributed by atoms with Gasteiger partial charge in [-0.15, -0.1) is 0 Å². The van der Waals surface area contributed by atoms with Gasteiger partial charge in [0.1, 0.15) is 11.4 Å². The second-order valence-corrected chi connectivity index (χ2v) is 8.15. The van der Waals surface area contributed by atoms with Gasteiger partial charge >= 0.3 is 0 Å². The SMILES string of the molecule is O=C(c1oc2ccccc2c1CSc1ncccn1)N1CCCCC1c1ncc[nH]1. The van der Waals surface area contributed by atoms with Crippen molar-refractivity contribution in [3.63, 3.8) is 0 Å². The fraction of sp³-hybridized carbons (Fsp3) is 0.273. The first-order chi connectivity index (χ1) is 14.8. The molecule has 4 aromatic rings. The first-order valence-electron chi connectivity index (χ1n) is 10.0. The summed E-state index contributed by atoms with van der Waals surface area (Å²) < 4.78 is 6.09. The molecule has 1 atom stereocenters. The highest BCUT2D eigenvalue weighted by molar-refractivity contribution is 7.98. The number of likely N-dealkylation sites (tertiary alicyclic amines) is 1. The summed E-state index contributed by atoms with van der Waals surface area (Å²) in [6.07, 6.45) is 9.91. The summed E-state index contributed by atoms with van der Waals surface area (Å²) in [5, 5.41) is 1.63. The Kier molecular flexibility index (Phi) is 5.23. The van der Waals surface area contributed by atoms with Gasteiger partial charge in [0.25, 0.3) is 5.91 Å². The van der Waals surface area contributed by atoms with Crippen molar-refractivity contribution in [1.82, 2.24) is 24.8 Å². The van der Waals surface area contributed by atoms with Crippen molar-refractivity contribution in [2.24, 2.45) is 0 Å². The van der Waals surface area contributed by atoms with Crippen LogP contribution in [0.3, 0.4) is 0 Å². The summed E-state index contributed by atoms with van der Waals surface area (Å²) in [6, 6.07) is 9.51. The minimum atomic E-state index is -0.0862. The number of aromatic amines is 1. The molecule has 7 nitrogen and oxygen atoms in total. The topological polar surface area (TPSA) is 87.9 Å². The predicted octanol–water partition coefficient (Wildman–Crippen LogP) is 4.61. The number of furan rings is 1. The monoisotopic (exact) mass is 419 g/mol. The van der Waals surface area contributed by atoms with Crippen molar-refractivity contribution >= 4 is 28.6 Å². The molecular weight excluding hydrogens is 398 g/mol. The van der Waals surface area contributed by atoms with Gasteiger partial charge in [-0.05, 0) is 31.4 Å². The molecule has 30 heavy (non-hydrogen) atoms. The molecule has 5 rings (SSSR count). The number of fused-ring (bicyclic) bond motifs is 1. The van der Waals surface area contributed by atoms with Gasteiger partial charge in [-0.1, -0.05) is 30.0 Å². The van der Waals surface area contributed by atoms with Crippen LogP contribution in [0.25, 0.3) is 11.0 Å². The molecule has 0 saturated carbocycles. The lowest BCUT2D eigenvalue weighted by Crippen LogP contribution is -2.39. The number of rotatable bonds is 5. The molecule has 4 heterocycles. The van der Waals surface area contributed by atoms with E-state index in [1.807, 2.05) is 29.2 Å². The third-order valence-electron chi connectivity index (χ3n) is 5.38. The standard InChI is InChI=1S/C22H21N5O2S/c28-21(27-13-4-3-7-17(27)20-23-11-12-24-20)19-16(14-30-22-25-9-5-10-26-22)15-6-1-2-8-18(15)29-19/h1-2,5-6,8-12,17H,3-4,7,13-14H2,(H,23,24). The van der Waals surface area contributed by atoms with Crippen LogP contribution in [-0.2, 0) is 5.75 Å². The molecule has 1 aromatic carbocycles. The predicted molar refractivity (Wildman–Crippen MR) is 114 cm³/mol. The number of amides is 1. The molecule has 1 aliphatic heterocycles. The maximum atomic E-state index is 13.7. The van der Waals surface area contributed by atoms with E-state index in [9.17, 15) is 4.79 Å². The number of imidazole rings is 1. The van der Waals surface area contributed by atoms with Gasteiger partial charge in [-0.25, -0.2) is 15.0 Å². The van der Waals surface area contributed by atoms with E-state index in [4.69, 9.17) is 4.42 Å². The average Bonchev–Trinajstić information content (AvgIpc) is 3.46. The summed E-state index contributed by atoms with van der Waals surface area (Å²) >= 11 is 1.50. The highest BCUT2D eigenvalue weighted by atomic mass is 32.2. The average molecular weight is 420 g/mol. The summed E-state index contributed by atoms with van der Waals surface area (Å²) in [5.41, 5.74) is 1.61. The van der Waals surface area contributed by atoms with Gasteiger partial charge in [0, 0.05) is 48.0 Å². The number of H-pyrrole nitrogens is 1. The van der Waals surface area contributed by atoms with Crippen molar-refractivity contribution < 1.29 is 9.21 Å². The number of carbonyl (C=O) groups is 1. The van der Waals surface area contributed by atoms with E-state index in [0.717, 1.165) is 41.6 Å². The van der Waals surface area contributed by atoms with Crippen molar-refractivity contribution in [3.8, 4) is 0 Å². The van der Waals surface area contributed by atoms with Crippen LogP contribution in [0.1, 0.15) is 47.2 Å². The van der Waals surface area contributed by atoms with Crippen LogP contribution in [0.15, 0.2) is 64.7 Å². The molecule has 152 valence electrons. The number of hydrogen-bond donors (Lipinski definition) is 1. The Bertz CT molecular complexity index is 1140. The molecule has 1 saturated heterocycles. The normalized spacial score (nSPS) is 16.8. The summed E-state index contributed by atoms with van der Waals surface area (Å²) in [4.78, 5) is 31.7. The van der Waals surface area contributed by atoms with Gasteiger partial charge < -0.3 is 14.3 Å². The maximum absolute atomic E-state index is 13.7. The number of hydrogen-bond acceptors (Lipinski definition) is 6. The molecule has 1 fully saturated rings. The summed E-state index contributed by atoms with van der Waals surface area (Å²) in [7, 11) is 0. The van der Waals surface area contributed by atoms with E-state index < -0.39 is 0 Å². The Labute approximate surface area is 177 Å². The van der Waals surface area contributed by atoms with Crippen molar-refractivity contribution in [2.75, 3.05) is 6.54 Å². The smallest absolute Gasteiger partial charge is 0.290 e. The first-order valence-corrected chi connectivity index (χ1v) is 11.0. The molecule has 8 heteroatoms. The van der Waals surface area contributed by atoms with Crippen LogP contribution in [0.5, 0.6) is 0 Å². The summed E-state index contributed by atoms with van der Waals surface area (Å²) in [6.45, 7) is 0.690. The molecule has 0 radical (unpaired) electrons. The van der Waals surface area contributed by atoms with E-state index in [0.29, 0.717) is 23.2 Å². The van der Waals surface area contributed by atoms with E-state index >= 15 is 0 Å². The zero-order chi connectivity index (χ0) is 20.3. The largest absolute Gasteiger partial charge is 0.451 e. The fourth-order valence-electron chi connectivity index (χ4n) is 3.96. The Morgan fingerprint density at radius 1 is 1.13 bits per heavy atom. The maximum Gasteiger partial charge on any atom is 0.290 e. The second-order valence-electron chi connectivity index (χ2n) is 7.21. The molecule has 1 N–H and O–H groups in total. The van der Waals surface area contributed by atoms with Crippen molar-refractivity contribution in [2.45, 2.75) is 36.2 Å². The number of para-hydroxylation sites is 1. The van der Waals surface area contributed by atoms with Gasteiger partial charge in [-0.3, -0.25) is 4.79 Å². The molecule has 0 spiro atoms. The minimum absolute atomic E-state index is 0.0626. The van der Waals surface area contributed by atoms with Crippen LogP contribution < -0.4 is 0 Å². The molecule has 1 aliphatic rings. The van der Waals surface area contributed by atoms with E-state index in [2.05, 4.69) is 19.9 Å². The van der Waals surface area contributed by atoms with E-state index in [-0.39, 0.29) is 11.9 Å². The number of thioether (sulfide) groups is 1. The number of nitrogens with one attached hydrogen (secondary N) is 1. The van der Waals surface area contributed by atoms with Crippen molar-refractivity contribution in [1.29, 1.82) is 0 Å². The highest BCUT2D eigenvalue weighted by Gasteiger charge is 2.33. The van der Waals surface area contributed by atoms with Crippen LogP contribution >= 0.6 is 11.8 Å². The summed E-state index contributed by atoms with van der Waals surface area (Å²) in [5.74, 6) is 1.70. The Morgan fingerprint density at radius 2 is 2.00 bits per heavy atom. The van der Waals surface area contributed by atoms with Gasteiger partial charge in [0.05, 0.1) is 6.04 Å². The van der Waals surface area contributed by atoms with Crippen LogP contribution in [-0.4, -0.2) is 37.3 Å². The Hall–Kier alpha value is -3.13. The van der Waals surface area contributed by atoms with Crippen LogP contribution in [0.2, 0.25) is 0 Å². The molecule has 3 aromatic heterocycles. The van der Waals surface area contributed by atoms with E-state index in [1.54, 1.807) is 30.9 Å². The lowest BCUT2D eigenvalue weighted by Gasteiger charge is -2.34. The highest BCUT2D eigenvalue weighted by Crippen LogP contribution is 2.35. The number of aromatic nitrogens is 4. The second kappa shape index (κ2) is 8.31. The van der Waals surface area contributed by atoms with Gasteiger partial charge in [0.2, 0.25) is 0 Å². The number of nitrogens with zero attached hydrogens (tertiary/aromatic N) is 4. The number of benzene rings is 1. The minimum Gasteiger partial charge on any atom is -0.451 e. The third-order valence-corrected chi connectivity index (χ3v) is 6.28. The van der Waals surface area contributed by atoms with Gasteiger partial charge in [0.15, 0.2) is 10.9 Å². The number of carbonyl (C=O) groups excluding carboxylic acids is 1. The lowest BCUT2D eigenvalue weighted by atomic mass is 10.0. The Balaban J connectivity index is 1.50. The zero-order valence-corrected chi connectivity index (χ0v) is 17.1. The van der Waals surface area contributed by atoms with Crippen molar-refractivity contribution in [3.05, 3.63) is 72.3 Å². The quantitative estimate of drug-likeness (QED) is 0.376. The van der Waals surface area contributed by atoms with E-state index in [1.165, 1.54) is 11.8 Å². The molecule has 1 amide bonds. The molecular formula is C22H21N5O2S. The third kappa shape index (κ3) is 3.59. The van der Waals surface area contributed by atoms with Crippen LogP contribution in [0, 0.1) is 0 Å². The first kappa shape index (κ1) is 18.9. The van der Waals surface area contributed by atoms with Gasteiger partial charge in [-0.2, -0.15) is 0 Å². The molecule has 1 unspecified atom stereocenters.